The van der Waals surface area contributed by atoms with Gasteiger partial charge in [-0.2, -0.15) is 5.10 Å². The summed E-state index contributed by atoms with van der Waals surface area (Å²) < 4.78 is 7.05. The number of carbonyl (C=O) groups is 1. The van der Waals surface area contributed by atoms with Gasteiger partial charge in [0.25, 0.3) is 5.91 Å². The van der Waals surface area contributed by atoms with Crippen molar-refractivity contribution in [3.63, 3.8) is 0 Å². The summed E-state index contributed by atoms with van der Waals surface area (Å²) in [4.78, 5) is 16.3. The average Bonchev–Trinajstić information content (AvgIpc) is 3.34. The highest BCUT2D eigenvalue weighted by Crippen LogP contribution is 2.25. The van der Waals surface area contributed by atoms with Gasteiger partial charge in [-0.25, -0.2) is 0 Å². The van der Waals surface area contributed by atoms with Crippen LogP contribution in [0.1, 0.15) is 16.1 Å². The van der Waals surface area contributed by atoms with Gasteiger partial charge in [-0.15, -0.1) is 11.3 Å². The van der Waals surface area contributed by atoms with Gasteiger partial charge in [0.15, 0.2) is 0 Å². The van der Waals surface area contributed by atoms with Crippen molar-refractivity contribution in [1.29, 1.82) is 0 Å². The third-order valence-corrected chi connectivity index (χ3v) is 5.54. The molecule has 0 saturated carbocycles. The second-order valence-corrected chi connectivity index (χ2v) is 7.46. The highest BCUT2D eigenvalue weighted by molar-refractivity contribution is 7.13. The molecule has 0 unspecified atom stereocenters. The van der Waals surface area contributed by atoms with Gasteiger partial charge in [0.05, 0.1) is 18.1 Å². The van der Waals surface area contributed by atoms with Crippen LogP contribution >= 0.6 is 11.3 Å². The normalized spacial score (nSPS) is 15.0. The predicted molar refractivity (Wildman–Crippen MR) is 107 cm³/mol. The van der Waals surface area contributed by atoms with Crippen molar-refractivity contribution in [3.8, 4) is 10.6 Å². The molecule has 0 aliphatic carbocycles. The number of para-hydroxylation sites is 1. The molecule has 1 amide bonds. The van der Waals surface area contributed by atoms with E-state index in [2.05, 4.69) is 21.4 Å². The first-order chi connectivity index (χ1) is 13.2. The molecule has 4 rings (SSSR count). The van der Waals surface area contributed by atoms with E-state index in [1.165, 1.54) is 0 Å². The summed E-state index contributed by atoms with van der Waals surface area (Å²) in [5.41, 5.74) is 3.31. The number of nitrogens with one attached hydrogen (secondary N) is 1. The van der Waals surface area contributed by atoms with Crippen molar-refractivity contribution in [2.24, 2.45) is 7.05 Å². The molecule has 3 aromatic rings. The number of nitrogens with zero attached hydrogens (tertiary/aromatic N) is 3. The summed E-state index contributed by atoms with van der Waals surface area (Å²) >= 11 is 1.61. The van der Waals surface area contributed by atoms with Crippen LogP contribution in [-0.4, -0.2) is 46.9 Å². The van der Waals surface area contributed by atoms with E-state index in [4.69, 9.17) is 4.74 Å². The molecule has 1 N–H and O–H groups in total. The zero-order valence-electron chi connectivity index (χ0n) is 15.2. The third-order valence-electron chi connectivity index (χ3n) is 4.65. The van der Waals surface area contributed by atoms with Crippen molar-refractivity contribution in [1.82, 2.24) is 14.7 Å². The first kappa shape index (κ1) is 17.9. The first-order valence-electron chi connectivity index (χ1n) is 8.98. The maximum Gasteiger partial charge on any atom is 0.273 e. The van der Waals surface area contributed by atoms with E-state index in [1.54, 1.807) is 23.1 Å². The molecule has 1 aromatic carbocycles. The molecular formula is C20H22N4O2S. The summed E-state index contributed by atoms with van der Waals surface area (Å²) in [7, 11) is 1.80. The van der Waals surface area contributed by atoms with Gasteiger partial charge < -0.3 is 10.1 Å². The van der Waals surface area contributed by atoms with Crippen molar-refractivity contribution in [3.05, 3.63) is 59.1 Å². The lowest BCUT2D eigenvalue weighted by Gasteiger charge is -2.27. The molecule has 2 aromatic heterocycles. The van der Waals surface area contributed by atoms with E-state index >= 15 is 0 Å². The third kappa shape index (κ3) is 4.10. The number of carbonyl (C=O) groups excluding carboxylic acids is 1. The van der Waals surface area contributed by atoms with Crippen LogP contribution < -0.4 is 5.32 Å². The molecule has 1 aliphatic rings. The molecule has 6 nitrogen and oxygen atoms in total. The van der Waals surface area contributed by atoms with E-state index in [0.717, 1.165) is 54.7 Å². The molecule has 1 aliphatic heterocycles. The van der Waals surface area contributed by atoms with Gasteiger partial charge in [0.2, 0.25) is 0 Å². The molecule has 7 heteroatoms. The largest absolute Gasteiger partial charge is 0.379 e. The number of benzene rings is 1. The summed E-state index contributed by atoms with van der Waals surface area (Å²) in [5.74, 6) is -0.151. The number of anilines is 1. The Morgan fingerprint density at radius 2 is 2.04 bits per heavy atom. The Kier molecular flexibility index (Phi) is 5.33. The van der Waals surface area contributed by atoms with E-state index in [-0.39, 0.29) is 5.91 Å². The second kappa shape index (κ2) is 8.04. The van der Waals surface area contributed by atoms with Crippen LogP contribution in [0.2, 0.25) is 0 Å². The fourth-order valence-corrected chi connectivity index (χ4v) is 3.87. The molecule has 3 heterocycles. The van der Waals surface area contributed by atoms with Crippen LogP contribution in [0.5, 0.6) is 0 Å². The standard InChI is InChI=1S/C20H22N4O2S/c1-23-18(13-17(22-23)19-7-4-12-27-19)20(25)21-16-6-3-2-5-15(16)14-24-8-10-26-11-9-24/h2-7,12-13H,8-11,14H2,1H3,(H,21,25). The molecule has 1 saturated heterocycles. The Balaban J connectivity index is 1.51. The number of thiophene rings is 1. The van der Waals surface area contributed by atoms with Gasteiger partial charge >= 0.3 is 0 Å². The Hall–Kier alpha value is -2.48. The molecular weight excluding hydrogens is 360 g/mol. The Morgan fingerprint density at radius 3 is 2.81 bits per heavy atom. The van der Waals surface area contributed by atoms with E-state index < -0.39 is 0 Å². The van der Waals surface area contributed by atoms with Gasteiger partial charge in [-0.3, -0.25) is 14.4 Å². The number of hydrogen-bond acceptors (Lipinski definition) is 5. The number of aromatic nitrogens is 2. The molecule has 140 valence electrons. The second-order valence-electron chi connectivity index (χ2n) is 6.52. The number of rotatable bonds is 5. The molecule has 1 fully saturated rings. The number of ether oxygens (including phenoxy) is 1. The molecule has 0 radical (unpaired) electrons. The monoisotopic (exact) mass is 382 g/mol. The number of hydrogen-bond donors (Lipinski definition) is 1. The Bertz CT molecular complexity index is 914. The highest BCUT2D eigenvalue weighted by Gasteiger charge is 2.17. The fraction of sp³-hybridized carbons (Fsp3) is 0.300. The van der Waals surface area contributed by atoms with Gasteiger partial charge in [-0.1, -0.05) is 24.3 Å². The summed E-state index contributed by atoms with van der Waals surface area (Å²) in [6.45, 7) is 4.14. The van der Waals surface area contributed by atoms with E-state index in [1.807, 2.05) is 41.8 Å². The lowest BCUT2D eigenvalue weighted by molar-refractivity contribution is 0.0342. The van der Waals surface area contributed by atoms with Crippen LogP contribution in [0.25, 0.3) is 10.6 Å². The fourth-order valence-electron chi connectivity index (χ4n) is 3.19. The van der Waals surface area contributed by atoms with Crippen LogP contribution in [0.4, 0.5) is 5.69 Å². The Morgan fingerprint density at radius 1 is 1.22 bits per heavy atom. The molecule has 0 atom stereocenters. The van der Waals surface area contributed by atoms with E-state index in [0.29, 0.717) is 5.69 Å². The summed E-state index contributed by atoms with van der Waals surface area (Å²) in [5, 5.41) is 9.54. The lowest BCUT2D eigenvalue weighted by Crippen LogP contribution is -2.35. The van der Waals surface area contributed by atoms with Crippen molar-refractivity contribution >= 4 is 22.9 Å². The van der Waals surface area contributed by atoms with Crippen molar-refractivity contribution in [2.45, 2.75) is 6.54 Å². The van der Waals surface area contributed by atoms with Gasteiger partial charge in [0.1, 0.15) is 11.4 Å². The first-order valence-corrected chi connectivity index (χ1v) is 9.86. The highest BCUT2D eigenvalue weighted by atomic mass is 32.1. The SMILES string of the molecule is Cn1nc(-c2cccs2)cc1C(=O)Nc1ccccc1CN1CCOCC1. The van der Waals surface area contributed by atoms with Crippen LogP contribution in [-0.2, 0) is 18.3 Å². The smallest absolute Gasteiger partial charge is 0.273 e. The van der Waals surface area contributed by atoms with Crippen LogP contribution in [0.3, 0.4) is 0 Å². The number of morpholine rings is 1. The van der Waals surface area contributed by atoms with Crippen molar-refractivity contribution in [2.75, 3.05) is 31.6 Å². The number of aryl methyl sites for hydroxylation is 1. The zero-order chi connectivity index (χ0) is 18.6. The predicted octanol–water partition coefficient (Wildman–Crippen LogP) is 3.23. The summed E-state index contributed by atoms with van der Waals surface area (Å²) in [6.07, 6.45) is 0. The molecule has 0 spiro atoms. The Labute approximate surface area is 162 Å². The van der Waals surface area contributed by atoms with E-state index in [9.17, 15) is 4.79 Å². The zero-order valence-corrected chi connectivity index (χ0v) is 16.0. The minimum Gasteiger partial charge on any atom is -0.379 e. The van der Waals surface area contributed by atoms with Crippen molar-refractivity contribution < 1.29 is 9.53 Å². The van der Waals surface area contributed by atoms with Crippen LogP contribution in [0, 0.1) is 0 Å². The minimum absolute atomic E-state index is 0.151. The summed E-state index contributed by atoms with van der Waals surface area (Å²) in [6, 6.07) is 13.8. The number of amides is 1. The lowest BCUT2D eigenvalue weighted by atomic mass is 10.1. The molecule has 0 bridgehead atoms. The van der Waals surface area contributed by atoms with Crippen LogP contribution in [0.15, 0.2) is 47.8 Å². The van der Waals surface area contributed by atoms with Gasteiger partial charge in [-0.05, 0) is 29.1 Å². The molecule has 27 heavy (non-hydrogen) atoms. The quantitative estimate of drug-likeness (QED) is 0.736. The maximum atomic E-state index is 12.9. The average molecular weight is 382 g/mol. The van der Waals surface area contributed by atoms with Gasteiger partial charge in [0, 0.05) is 32.4 Å². The topological polar surface area (TPSA) is 59.4 Å². The maximum absolute atomic E-state index is 12.9. The minimum atomic E-state index is -0.151.